The lowest BCUT2D eigenvalue weighted by Crippen LogP contribution is -2.14. The summed E-state index contributed by atoms with van der Waals surface area (Å²) in [7, 11) is 0. The van der Waals surface area contributed by atoms with Crippen molar-refractivity contribution in [2.24, 2.45) is 5.92 Å². The third kappa shape index (κ3) is 5.59. The summed E-state index contributed by atoms with van der Waals surface area (Å²) < 4.78 is 14.2. The van der Waals surface area contributed by atoms with E-state index in [2.05, 4.69) is 21.8 Å². The minimum Gasteiger partial charge on any atom is -0.485 e. The number of nitrogen functional groups attached to an aromatic ring is 1. The minimum absolute atomic E-state index is 0.233. The maximum absolute atomic E-state index is 9.78. The molecule has 2 heterocycles. The third-order valence-electron chi connectivity index (χ3n) is 4.52. The van der Waals surface area contributed by atoms with Gasteiger partial charge in [0.1, 0.15) is 12.2 Å². The molecule has 2 aromatic heterocycles. The summed E-state index contributed by atoms with van der Waals surface area (Å²) in [5, 5.41) is 10.6. The lowest BCUT2D eigenvalue weighted by atomic mass is 10.1. The van der Waals surface area contributed by atoms with E-state index in [1.54, 1.807) is 26.2 Å². The van der Waals surface area contributed by atoms with Gasteiger partial charge in [0.2, 0.25) is 0 Å². The Morgan fingerprint density at radius 3 is 2.90 bits per heavy atom. The lowest BCUT2D eigenvalue weighted by molar-refractivity contribution is 0.143. The normalized spacial score (nSPS) is 15.1. The van der Waals surface area contributed by atoms with Gasteiger partial charge in [0.05, 0.1) is 9.88 Å². The number of aromatic nitrogens is 2. The maximum atomic E-state index is 9.78. The second kappa shape index (κ2) is 8.47. The molecule has 0 spiro atoms. The molecule has 1 aliphatic rings. The summed E-state index contributed by atoms with van der Waals surface area (Å²) >= 11 is 1.53. The molecule has 30 heavy (non-hydrogen) atoms. The first kappa shape index (κ1) is 19.1. The van der Waals surface area contributed by atoms with Gasteiger partial charge in [-0.3, -0.25) is 0 Å². The molecule has 1 unspecified atom stereocenters. The van der Waals surface area contributed by atoms with Gasteiger partial charge in [-0.25, -0.2) is 9.97 Å². The molecule has 3 aromatic rings. The quantitative estimate of drug-likeness (QED) is 0.576. The van der Waals surface area contributed by atoms with Gasteiger partial charge < -0.3 is 15.6 Å². The molecule has 1 fully saturated rings. The molecule has 0 amide bonds. The average Bonchev–Trinajstić information content (AvgIpc) is 3.47. The Morgan fingerprint density at radius 1 is 1.30 bits per heavy atom. The van der Waals surface area contributed by atoms with E-state index in [0.717, 1.165) is 39.4 Å². The fraction of sp³-hybridized carbons (Fsp3) is 0.333. The van der Waals surface area contributed by atoms with E-state index in [9.17, 15) is 5.11 Å². The molecular formula is C24H25N3O2S. The largest absolute Gasteiger partial charge is 0.485 e. The van der Waals surface area contributed by atoms with Crippen LogP contribution in [0.1, 0.15) is 44.2 Å². The Balaban J connectivity index is 1.48. The van der Waals surface area contributed by atoms with Gasteiger partial charge in [-0.05, 0) is 56.4 Å². The SMILES string of the molecule is [2H]C(c1ncc(-c2cnc(N)c(OCc3cccc(C#CC(C)(C)O)c3)c2)s1)C1CC1. The van der Waals surface area contributed by atoms with Crippen molar-refractivity contribution in [3.8, 4) is 28.0 Å². The van der Waals surface area contributed by atoms with Crippen molar-refractivity contribution in [2.45, 2.75) is 45.3 Å². The van der Waals surface area contributed by atoms with Crippen molar-refractivity contribution in [3.63, 3.8) is 0 Å². The second-order valence-electron chi connectivity index (χ2n) is 7.97. The zero-order valence-corrected chi connectivity index (χ0v) is 17.9. The van der Waals surface area contributed by atoms with Crippen LogP contribution >= 0.6 is 11.3 Å². The van der Waals surface area contributed by atoms with E-state index in [4.69, 9.17) is 11.8 Å². The molecule has 4 rings (SSSR count). The number of benzene rings is 1. The Bertz CT molecular complexity index is 1140. The zero-order valence-electron chi connectivity index (χ0n) is 18.1. The molecule has 1 aliphatic carbocycles. The highest BCUT2D eigenvalue weighted by Crippen LogP contribution is 2.36. The predicted octanol–water partition coefficient (Wildman–Crippen LogP) is 4.44. The van der Waals surface area contributed by atoms with Gasteiger partial charge in [0.15, 0.2) is 11.6 Å². The molecule has 0 saturated heterocycles. The number of nitrogens with two attached hydrogens (primary N) is 1. The minimum atomic E-state index is -1.04. The van der Waals surface area contributed by atoms with Crippen LogP contribution in [0.15, 0.2) is 42.7 Å². The summed E-state index contributed by atoms with van der Waals surface area (Å²) in [6, 6.07) is 9.54. The Hall–Kier alpha value is -2.88. The smallest absolute Gasteiger partial charge is 0.166 e. The fourth-order valence-corrected chi connectivity index (χ4v) is 3.72. The number of hydrogen-bond donors (Lipinski definition) is 2. The van der Waals surface area contributed by atoms with Gasteiger partial charge in [0.25, 0.3) is 0 Å². The summed E-state index contributed by atoms with van der Waals surface area (Å²) in [5.41, 5.74) is 7.61. The van der Waals surface area contributed by atoms with E-state index in [-0.39, 0.29) is 6.40 Å². The lowest BCUT2D eigenvalue weighted by Gasteiger charge is -2.10. The fourth-order valence-electron chi connectivity index (χ4n) is 2.79. The zero-order chi connectivity index (χ0) is 22.0. The number of pyridine rings is 1. The van der Waals surface area contributed by atoms with E-state index in [1.807, 2.05) is 30.3 Å². The molecule has 6 heteroatoms. The molecule has 1 atom stereocenters. The van der Waals surface area contributed by atoms with Crippen LogP contribution in [0.25, 0.3) is 10.4 Å². The highest BCUT2D eigenvalue weighted by molar-refractivity contribution is 7.15. The molecule has 0 radical (unpaired) electrons. The van der Waals surface area contributed by atoms with Crippen molar-refractivity contribution >= 4 is 17.2 Å². The van der Waals surface area contributed by atoms with E-state index in [1.165, 1.54) is 11.3 Å². The number of aliphatic hydroxyl groups is 1. The molecular weight excluding hydrogens is 394 g/mol. The molecule has 1 saturated carbocycles. The average molecular weight is 421 g/mol. The molecule has 3 N–H and O–H groups in total. The number of thiazole rings is 1. The maximum Gasteiger partial charge on any atom is 0.166 e. The number of ether oxygens (including phenoxy) is 1. The highest BCUT2D eigenvalue weighted by atomic mass is 32.1. The van der Waals surface area contributed by atoms with E-state index >= 15 is 0 Å². The molecule has 0 aliphatic heterocycles. The third-order valence-corrected chi connectivity index (χ3v) is 5.54. The van der Waals surface area contributed by atoms with Crippen LogP contribution in [0.4, 0.5) is 5.82 Å². The number of hydrogen-bond acceptors (Lipinski definition) is 6. The molecule has 154 valence electrons. The van der Waals surface area contributed by atoms with Crippen molar-refractivity contribution in [2.75, 3.05) is 5.73 Å². The summed E-state index contributed by atoms with van der Waals surface area (Å²) in [4.78, 5) is 9.68. The van der Waals surface area contributed by atoms with Crippen LogP contribution < -0.4 is 10.5 Å². The second-order valence-corrected chi connectivity index (χ2v) is 9.03. The van der Waals surface area contributed by atoms with Crippen molar-refractivity contribution < 1.29 is 11.2 Å². The summed E-state index contributed by atoms with van der Waals surface area (Å²) in [6.45, 7) is 3.62. The van der Waals surface area contributed by atoms with Crippen LogP contribution in [-0.2, 0) is 13.0 Å². The standard InChI is InChI=1S/C24H25N3O2S/c1-24(2,28)9-8-16-4-3-5-18(10-16)15-29-20-12-19(13-27-23(20)25)21-14-26-22(30-21)11-17-6-7-17/h3-5,10,12-14,17,28H,6-7,11,15H2,1-2H3,(H2,25,27)/i11D. The monoisotopic (exact) mass is 420 g/mol. The Morgan fingerprint density at radius 2 is 2.13 bits per heavy atom. The topological polar surface area (TPSA) is 81.3 Å². The summed E-state index contributed by atoms with van der Waals surface area (Å²) in [5.74, 6) is 7.06. The van der Waals surface area contributed by atoms with Crippen LogP contribution in [0.5, 0.6) is 5.75 Å². The first-order chi connectivity index (χ1) is 14.8. The molecule has 5 nitrogen and oxygen atoms in total. The summed E-state index contributed by atoms with van der Waals surface area (Å²) in [6.07, 6.45) is 5.51. The first-order valence-electron chi connectivity index (χ1n) is 10.5. The van der Waals surface area contributed by atoms with Crippen LogP contribution in [0.3, 0.4) is 0 Å². The van der Waals surface area contributed by atoms with Gasteiger partial charge in [-0.2, -0.15) is 0 Å². The molecule has 1 aromatic carbocycles. The van der Waals surface area contributed by atoms with Crippen molar-refractivity contribution in [3.05, 3.63) is 58.9 Å². The first-order valence-corrected chi connectivity index (χ1v) is 10.7. The van der Waals surface area contributed by atoms with Gasteiger partial charge >= 0.3 is 0 Å². The van der Waals surface area contributed by atoms with Gasteiger partial charge in [0, 0.05) is 31.3 Å². The highest BCUT2D eigenvalue weighted by Gasteiger charge is 2.23. The van der Waals surface area contributed by atoms with Crippen molar-refractivity contribution in [1.82, 2.24) is 9.97 Å². The van der Waals surface area contributed by atoms with E-state index < -0.39 is 5.60 Å². The Labute approximate surface area is 182 Å². The predicted molar refractivity (Wildman–Crippen MR) is 120 cm³/mol. The number of anilines is 1. The van der Waals surface area contributed by atoms with Crippen molar-refractivity contribution in [1.29, 1.82) is 0 Å². The molecule has 0 bridgehead atoms. The van der Waals surface area contributed by atoms with Crippen LogP contribution in [-0.4, -0.2) is 20.7 Å². The number of rotatable bonds is 6. The van der Waals surface area contributed by atoms with Crippen LogP contribution in [0, 0.1) is 17.8 Å². The van der Waals surface area contributed by atoms with Gasteiger partial charge in [-0.15, -0.1) is 11.3 Å². The van der Waals surface area contributed by atoms with Crippen LogP contribution in [0.2, 0.25) is 0 Å². The van der Waals surface area contributed by atoms with Gasteiger partial charge in [-0.1, -0.05) is 24.0 Å². The van der Waals surface area contributed by atoms with E-state index in [0.29, 0.717) is 24.1 Å². The number of nitrogens with zero attached hydrogens (tertiary/aromatic N) is 2. The Kier molecular flexibility index (Phi) is 5.39.